The third-order valence-corrected chi connectivity index (χ3v) is 12.5. The minimum absolute atomic E-state index is 0.0570. The number of amides is 6. The summed E-state index contributed by atoms with van der Waals surface area (Å²) in [4.78, 5) is 97.8. The first-order chi connectivity index (χ1) is 28.2. The monoisotopic (exact) mass is 824 g/mol. The molecular weight excluding hydrogens is 786 g/mol. The standard InChI is InChI=1S/C40H38FN8O9P/c1-22-4-10-31-29(17-22)33(45-58-31)37(52)46-16-12-27-9-11-32(44-49-39(54)48(28-3-2-15-42-20-28)38(53)40(49)13-14-40)47(27)36(51)30(21-46)43-35(50)25-8-6-23-5-7-24(18-26(23)19-25)34(41)59(55,56)57/h2-8,10,15,17-20,27,30,32,34,44H,9,11-14,16,21H2,1H3,(H,43,50)(H2,55,56,57)/t27-,30+,32+,34-/m1/s1. The molecule has 0 radical (unpaired) electrons. The van der Waals surface area contributed by atoms with Crippen LogP contribution in [0.25, 0.3) is 21.7 Å². The number of pyridine rings is 1. The number of hydrogen-bond donors (Lipinski definition) is 4. The number of aromatic nitrogens is 2. The Morgan fingerprint density at radius 3 is 2.54 bits per heavy atom. The Bertz CT molecular complexity index is 2620. The Kier molecular flexibility index (Phi) is 9.34. The van der Waals surface area contributed by atoms with Gasteiger partial charge in [0.25, 0.3) is 17.7 Å². The Balaban J connectivity index is 1.03. The van der Waals surface area contributed by atoms with Gasteiger partial charge in [-0.1, -0.05) is 35.0 Å². The van der Waals surface area contributed by atoms with Gasteiger partial charge in [0.1, 0.15) is 17.7 Å². The lowest BCUT2D eigenvalue weighted by atomic mass is 10.0. The van der Waals surface area contributed by atoms with Crippen LogP contribution < -0.4 is 15.6 Å². The zero-order valence-corrected chi connectivity index (χ0v) is 32.4. The summed E-state index contributed by atoms with van der Waals surface area (Å²) in [6, 6.07) is 14.7. The first kappa shape index (κ1) is 38.4. The number of hydrazine groups is 1. The molecule has 5 heterocycles. The second-order valence-corrected chi connectivity index (χ2v) is 17.1. The molecule has 4 aliphatic rings. The van der Waals surface area contributed by atoms with Crippen molar-refractivity contribution in [2.45, 2.75) is 68.7 Å². The first-order valence-corrected chi connectivity index (χ1v) is 20.8. The Hall–Kier alpha value is -6.07. The summed E-state index contributed by atoms with van der Waals surface area (Å²) >= 11 is 0. The number of nitrogens with one attached hydrogen (secondary N) is 2. The van der Waals surface area contributed by atoms with Crippen molar-refractivity contribution in [1.29, 1.82) is 0 Å². The van der Waals surface area contributed by atoms with Gasteiger partial charge in [-0.05, 0) is 97.8 Å². The molecule has 3 aromatic carbocycles. The van der Waals surface area contributed by atoms with Crippen molar-refractivity contribution in [2.75, 3.05) is 18.0 Å². The van der Waals surface area contributed by atoms with Gasteiger partial charge in [0.2, 0.25) is 11.8 Å². The number of nitrogens with zero attached hydrogens (tertiary/aromatic N) is 6. The number of aryl methyl sites for hydroxylation is 1. The normalized spacial score (nSPS) is 22.2. The lowest BCUT2D eigenvalue weighted by Crippen LogP contribution is -2.63. The number of alkyl halides is 1. The number of rotatable bonds is 8. The van der Waals surface area contributed by atoms with E-state index in [2.05, 4.69) is 20.9 Å². The predicted octanol–water partition coefficient (Wildman–Crippen LogP) is 4.30. The Labute approximate surface area is 335 Å². The molecule has 0 unspecified atom stereocenters. The number of benzene rings is 3. The predicted molar refractivity (Wildman–Crippen MR) is 208 cm³/mol. The van der Waals surface area contributed by atoms with Crippen LogP contribution in [0.4, 0.5) is 14.9 Å². The SMILES string of the molecule is Cc1ccc2onc(C(=O)N3CC[C@H]4CC[C@@H](NN5C(=O)N(c6cccnc6)C(=O)C56CC6)N4C(=O)[C@@H](NC(=O)c4ccc5ccc([C@H](F)P(=O)(O)O)cc5c4)C3)c2c1. The number of urea groups is 1. The highest BCUT2D eigenvalue weighted by molar-refractivity contribution is 7.51. The highest BCUT2D eigenvalue weighted by atomic mass is 31.2. The van der Waals surface area contributed by atoms with Gasteiger partial charge in [-0.2, -0.15) is 0 Å². The molecule has 1 aliphatic carbocycles. The van der Waals surface area contributed by atoms with Crippen molar-refractivity contribution in [3.05, 3.63) is 102 Å². The highest BCUT2D eigenvalue weighted by Crippen LogP contribution is 2.53. The molecule has 4 N–H and O–H groups in total. The first-order valence-electron chi connectivity index (χ1n) is 19.1. The molecule has 304 valence electrons. The number of hydrogen-bond acceptors (Lipinski definition) is 10. The molecule has 1 saturated carbocycles. The molecule has 17 nitrogen and oxygen atoms in total. The number of imide groups is 1. The van der Waals surface area contributed by atoms with Crippen LogP contribution in [0.15, 0.2) is 83.6 Å². The third-order valence-electron chi connectivity index (χ3n) is 11.6. The van der Waals surface area contributed by atoms with Crippen LogP contribution in [0.3, 0.4) is 0 Å². The molecular formula is C40H38FN8O9P. The topological polar surface area (TPSA) is 219 Å². The molecule has 1 spiro atoms. The molecule has 4 fully saturated rings. The largest absolute Gasteiger partial charge is 0.363 e. The minimum atomic E-state index is -5.11. The number of halogens is 1. The van der Waals surface area contributed by atoms with E-state index in [4.69, 9.17) is 4.52 Å². The highest BCUT2D eigenvalue weighted by Gasteiger charge is 2.66. The zero-order chi connectivity index (χ0) is 41.4. The number of carbonyl (C=O) groups excluding carboxylic acids is 5. The molecule has 3 aliphatic heterocycles. The summed E-state index contributed by atoms with van der Waals surface area (Å²) < 4.78 is 31.7. The summed E-state index contributed by atoms with van der Waals surface area (Å²) in [5.74, 6) is -4.70. The maximum atomic E-state index is 14.9. The Morgan fingerprint density at radius 1 is 1.00 bits per heavy atom. The van der Waals surface area contributed by atoms with Crippen LogP contribution >= 0.6 is 7.60 Å². The maximum Gasteiger partial charge on any atom is 0.363 e. The van der Waals surface area contributed by atoms with Crippen LogP contribution in [0.5, 0.6) is 0 Å². The van der Waals surface area contributed by atoms with Gasteiger partial charge in [-0.15, -0.1) is 0 Å². The van der Waals surface area contributed by atoms with Crippen molar-refractivity contribution in [3.8, 4) is 0 Å². The van der Waals surface area contributed by atoms with E-state index in [0.717, 1.165) is 10.5 Å². The van der Waals surface area contributed by atoms with Crippen molar-refractivity contribution >= 4 is 64.7 Å². The maximum absolute atomic E-state index is 14.9. The van der Waals surface area contributed by atoms with E-state index in [1.165, 1.54) is 52.6 Å². The summed E-state index contributed by atoms with van der Waals surface area (Å²) in [6.45, 7) is 1.78. The van der Waals surface area contributed by atoms with E-state index < -0.39 is 67.0 Å². The van der Waals surface area contributed by atoms with Crippen LogP contribution in [0.1, 0.15) is 70.0 Å². The molecule has 5 aromatic rings. The number of fused-ring (bicyclic) bond motifs is 3. The summed E-state index contributed by atoms with van der Waals surface area (Å²) in [5.41, 5.74) is 3.57. The van der Waals surface area contributed by atoms with E-state index in [0.29, 0.717) is 59.5 Å². The lowest BCUT2D eigenvalue weighted by molar-refractivity contribution is -0.139. The molecule has 3 saturated heterocycles. The number of carbonyl (C=O) groups is 5. The summed E-state index contributed by atoms with van der Waals surface area (Å²) in [7, 11) is -5.11. The lowest BCUT2D eigenvalue weighted by Gasteiger charge is -2.40. The van der Waals surface area contributed by atoms with E-state index in [9.17, 15) is 42.7 Å². The average Bonchev–Trinajstić information content (AvgIpc) is 3.70. The van der Waals surface area contributed by atoms with Gasteiger partial charge in [0.15, 0.2) is 11.3 Å². The van der Waals surface area contributed by atoms with Gasteiger partial charge in [0.05, 0.1) is 23.8 Å². The van der Waals surface area contributed by atoms with Crippen molar-refractivity contribution < 1.29 is 47.2 Å². The molecule has 2 aromatic heterocycles. The van der Waals surface area contributed by atoms with E-state index in [-0.39, 0.29) is 29.9 Å². The van der Waals surface area contributed by atoms with E-state index in [1.807, 2.05) is 13.0 Å². The smallest absolute Gasteiger partial charge is 0.355 e. The molecule has 0 bridgehead atoms. The number of anilines is 1. The zero-order valence-electron chi connectivity index (χ0n) is 31.5. The molecule has 59 heavy (non-hydrogen) atoms. The molecule has 9 rings (SSSR count). The fourth-order valence-electron chi connectivity index (χ4n) is 8.41. The van der Waals surface area contributed by atoms with Gasteiger partial charge in [-0.25, -0.2) is 24.5 Å². The van der Waals surface area contributed by atoms with E-state index in [1.54, 1.807) is 35.2 Å². The average molecular weight is 825 g/mol. The second kappa shape index (κ2) is 14.3. The van der Waals surface area contributed by atoms with Gasteiger partial charge < -0.3 is 29.4 Å². The molecule has 6 amide bonds. The van der Waals surface area contributed by atoms with Gasteiger partial charge in [-0.3, -0.25) is 28.7 Å². The summed E-state index contributed by atoms with van der Waals surface area (Å²) in [6.07, 6.45) is 4.33. The van der Waals surface area contributed by atoms with Crippen LogP contribution in [-0.4, -0.2) is 101 Å². The van der Waals surface area contributed by atoms with Crippen LogP contribution in [0, 0.1) is 6.92 Å². The van der Waals surface area contributed by atoms with E-state index >= 15 is 0 Å². The van der Waals surface area contributed by atoms with Crippen LogP contribution in [0.2, 0.25) is 0 Å². The van der Waals surface area contributed by atoms with Gasteiger partial charge >= 0.3 is 13.6 Å². The molecule has 4 atom stereocenters. The molecule has 19 heteroatoms. The summed E-state index contributed by atoms with van der Waals surface area (Å²) in [5, 5.41) is 9.59. The van der Waals surface area contributed by atoms with Crippen molar-refractivity contribution in [3.63, 3.8) is 0 Å². The van der Waals surface area contributed by atoms with Crippen molar-refractivity contribution in [2.24, 2.45) is 0 Å². The third kappa shape index (κ3) is 6.71. The minimum Gasteiger partial charge on any atom is -0.355 e. The quantitative estimate of drug-likeness (QED) is 0.127. The fourth-order valence-corrected chi connectivity index (χ4v) is 8.96. The Morgan fingerprint density at radius 2 is 1.80 bits per heavy atom. The second-order valence-electron chi connectivity index (χ2n) is 15.5. The fraction of sp³-hybridized carbons (Fsp3) is 0.325. The van der Waals surface area contributed by atoms with Crippen LogP contribution in [-0.2, 0) is 14.2 Å². The van der Waals surface area contributed by atoms with Crippen molar-refractivity contribution in [1.82, 2.24) is 35.7 Å². The van der Waals surface area contributed by atoms with Gasteiger partial charge in [0, 0.05) is 24.3 Å².